The molecule has 1 nitrogen and oxygen atoms in total. The minimum Gasteiger partial charge on any atom is -0.310 e. The van der Waals surface area contributed by atoms with Gasteiger partial charge in [0.05, 0.1) is 0 Å². The molecule has 1 N–H and O–H groups in total. The van der Waals surface area contributed by atoms with Crippen molar-refractivity contribution in [3.8, 4) is 0 Å². The van der Waals surface area contributed by atoms with Crippen LogP contribution in [-0.2, 0) is 0 Å². The van der Waals surface area contributed by atoms with E-state index in [1.807, 2.05) is 0 Å². The van der Waals surface area contributed by atoms with Gasteiger partial charge in [-0.05, 0) is 55.4 Å². The number of rotatable bonds is 7. The summed E-state index contributed by atoms with van der Waals surface area (Å²) in [5.41, 5.74) is 2.10. The van der Waals surface area contributed by atoms with Crippen LogP contribution >= 0.6 is 0 Å². The minimum absolute atomic E-state index is 0.529. The maximum Gasteiger partial charge on any atom is 0.0195 e. The first-order valence-corrected chi connectivity index (χ1v) is 10.6. The molecule has 0 unspecified atom stereocenters. The second kappa shape index (κ2) is 8.52. The van der Waals surface area contributed by atoms with Crippen LogP contribution in [0.4, 0.5) is 0 Å². The third kappa shape index (κ3) is 3.87. The summed E-state index contributed by atoms with van der Waals surface area (Å²) >= 11 is 0. The predicted molar refractivity (Wildman–Crippen MR) is 104 cm³/mol. The molecule has 2 fully saturated rings. The van der Waals surface area contributed by atoms with Gasteiger partial charge < -0.3 is 5.32 Å². The van der Waals surface area contributed by atoms with E-state index in [-0.39, 0.29) is 0 Å². The molecule has 2 aliphatic carbocycles. The molecule has 0 aromatic heterocycles. The zero-order valence-electron chi connectivity index (χ0n) is 15.9. The van der Waals surface area contributed by atoms with Crippen LogP contribution in [0.5, 0.6) is 0 Å². The zero-order chi connectivity index (χ0) is 16.8. The summed E-state index contributed by atoms with van der Waals surface area (Å²) in [5.74, 6) is 0.714. The SMILES string of the molecule is CCCC1(CCC)CC[C@@H](c2ccccc2)[C@@H]1NC1CCCCC1. The minimum atomic E-state index is 0.529. The molecule has 134 valence electrons. The van der Waals surface area contributed by atoms with Gasteiger partial charge in [0, 0.05) is 12.1 Å². The maximum atomic E-state index is 4.23. The molecule has 2 aliphatic rings. The molecule has 0 spiro atoms. The lowest BCUT2D eigenvalue weighted by atomic mass is 9.72. The molecule has 2 atom stereocenters. The Bertz CT molecular complexity index is 468. The van der Waals surface area contributed by atoms with E-state index in [2.05, 4.69) is 49.5 Å². The van der Waals surface area contributed by atoms with Gasteiger partial charge in [-0.1, -0.05) is 76.3 Å². The fourth-order valence-corrected chi connectivity index (χ4v) is 5.75. The largest absolute Gasteiger partial charge is 0.310 e. The topological polar surface area (TPSA) is 12.0 Å². The molecule has 0 bridgehead atoms. The highest BCUT2D eigenvalue weighted by atomic mass is 15.0. The van der Waals surface area contributed by atoms with Crippen LogP contribution < -0.4 is 5.32 Å². The second-order valence-corrected chi connectivity index (χ2v) is 8.40. The molecule has 1 aromatic rings. The molecule has 0 radical (unpaired) electrons. The Morgan fingerprint density at radius 3 is 2.21 bits per heavy atom. The van der Waals surface area contributed by atoms with Gasteiger partial charge in [-0.25, -0.2) is 0 Å². The number of hydrogen-bond donors (Lipinski definition) is 1. The predicted octanol–water partition coefficient (Wildman–Crippen LogP) is 6.44. The summed E-state index contributed by atoms with van der Waals surface area (Å²) in [6.45, 7) is 4.76. The lowest BCUT2D eigenvalue weighted by Crippen LogP contribution is -2.49. The number of nitrogens with one attached hydrogen (secondary N) is 1. The Hall–Kier alpha value is -0.820. The van der Waals surface area contributed by atoms with E-state index in [4.69, 9.17) is 0 Å². The smallest absolute Gasteiger partial charge is 0.0195 e. The van der Waals surface area contributed by atoms with Crippen LogP contribution in [0.3, 0.4) is 0 Å². The lowest BCUT2D eigenvalue weighted by Gasteiger charge is -2.41. The fraction of sp³-hybridized carbons (Fsp3) is 0.739. The van der Waals surface area contributed by atoms with Crippen LogP contribution in [0.15, 0.2) is 30.3 Å². The highest BCUT2D eigenvalue weighted by molar-refractivity contribution is 5.25. The summed E-state index contributed by atoms with van der Waals surface area (Å²) in [5, 5.41) is 4.23. The van der Waals surface area contributed by atoms with E-state index < -0.39 is 0 Å². The van der Waals surface area contributed by atoms with Crippen LogP contribution in [0.1, 0.15) is 96.0 Å². The van der Waals surface area contributed by atoms with Crippen molar-refractivity contribution in [3.05, 3.63) is 35.9 Å². The van der Waals surface area contributed by atoms with Crippen LogP contribution in [0.2, 0.25) is 0 Å². The average molecular weight is 328 g/mol. The monoisotopic (exact) mass is 327 g/mol. The van der Waals surface area contributed by atoms with Gasteiger partial charge >= 0.3 is 0 Å². The molecule has 24 heavy (non-hydrogen) atoms. The van der Waals surface area contributed by atoms with Crippen molar-refractivity contribution in [2.24, 2.45) is 5.41 Å². The summed E-state index contributed by atoms with van der Waals surface area (Å²) in [4.78, 5) is 0. The Labute approximate surface area is 149 Å². The molecule has 1 aromatic carbocycles. The van der Waals surface area contributed by atoms with Crippen LogP contribution in [-0.4, -0.2) is 12.1 Å². The highest BCUT2D eigenvalue weighted by Crippen LogP contribution is 2.52. The maximum absolute atomic E-state index is 4.23. The van der Waals surface area contributed by atoms with Crippen molar-refractivity contribution >= 4 is 0 Å². The van der Waals surface area contributed by atoms with E-state index in [1.54, 1.807) is 5.56 Å². The van der Waals surface area contributed by atoms with Crippen molar-refractivity contribution < 1.29 is 0 Å². The van der Waals surface area contributed by atoms with Gasteiger partial charge in [0.25, 0.3) is 0 Å². The summed E-state index contributed by atoms with van der Waals surface area (Å²) in [7, 11) is 0. The first-order chi connectivity index (χ1) is 11.8. The molecular weight excluding hydrogens is 290 g/mol. The molecule has 0 aliphatic heterocycles. The van der Waals surface area contributed by atoms with Crippen molar-refractivity contribution in [1.29, 1.82) is 0 Å². The Morgan fingerprint density at radius 2 is 1.58 bits per heavy atom. The van der Waals surface area contributed by atoms with Gasteiger partial charge in [-0.2, -0.15) is 0 Å². The van der Waals surface area contributed by atoms with Crippen LogP contribution in [0, 0.1) is 5.41 Å². The van der Waals surface area contributed by atoms with Gasteiger partial charge in [0.2, 0.25) is 0 Å². The molecule has 0 heterocycles. The van der Waals surface area contributed by atoms with E-state index in [1.165, 1.54) is 70.6 Å². The molecule has 3 rings (SSSR count). The van der Waals surface area contributed by atoms with Crippen molar-refractivity contribution in [2.75, 3.05) is 0 Å². The summed E-state index contributed by atoms with van der Waals surface area (Å²) in [6.07, 6.45) is 15.3. The Balaban J connectivity index is 1.85. The van der Waals surface area contributed by atoms with E-state index >= 15 is 0 Å². The van der Waals surface area contributed by atoms with Gasteiger partial charge in [-0.15, -0.1) is 0 Å². The van der Waals surface area contributed by atoms with Crippen LogP contribution in [0.25, 0.3) is 0 Å². The second-order valence-electron chi connectivity index (χ2n) is 8.40. The third-order valence-corrected chi connectivity index (χ3v) is 6.76. The van der Waals surface area contributed by atoms with E-state index in [9.17, 15) is 0 Å². The van der Waals surface area contributed by atoms with Gasteiger partial charge in [0.15, 0.2) is 0 Å². The van der Waals surface area contributed by atoms with Crippen molar-refractivity contribution in [2.45, 2.75) is 102 Å². The average Bonchev–Trinajstić information content (AvgIpc) is 2.96. The molecule has 0 saturated heterocycles. The fourth-order valence-electron chi connectivity index (χ4n) is 5.75. The molecule has 0 amide bonds. The Kier molecular flexibility index (Phi) is 6.38. The highest BCUT2D eigenvalue weighted by Gasteiger charge is 2.47. The third-order valence-electron chi connectivity index (χ3n) is 6.76. The zero-order valence-corrected chi connectivity index (χ0v) is 15.9. The summed E-state index contributed by atoms with van der Waals surface area (Å²) in [6, 6.07) is 12.8. The lowest BCUT2D eigenvalue weighted by molar-refractivity contribution is 0.156. The molecular formula is C23H37N. The Morgan fingerprint density at radius 1 is 0.917 bits per heavy atom. The van der Waals surface area contributed by atoms with Gasteiger partial charge in [0.1, 0.15) is 0 Å². The molecule has 2 saturated carbocycles. The number of hydrogen-bond acceptors (Lipinski definition) is 1. The standard InChI is InChI=1S/C23H37N/c1-3-16-23(17-4-2)18-15-21(19-11-7-5-8-12-19)22(23)24-20-13-9-6-10-14-20/h5,7-8,11-12,20-22,24H,3-4,6,9-10,13-18H2,1-2H3/t21-,22-/m0/s1. The van der Waals surface area contributed by atoms with E-state index in [0.717, 1.165) is 6.04 Å². The van der Waals surface area contributed by atoms with E-state index in [0.29, 0.717) is 17.4 Å². The van der Waals surface area contributed by atoms with Crippen molar-refractivity contribution in [3.63, 3.8) is 0 Å². The van der Waals surface area contributed by atoms with Gasteiger partial charge in [-0.3, -0.25) is 0 Å². The summed E-state index contributed by atoms with van der Waals surface area (Å²) < 4.78 is 0. The normalized spacial score (nSPS) is 27.4. The molecule has 1 heteroatoms. The number of benzene rings is 1. The first-order valence-electron chi connectivity index (χ1n) is 10.6. The quantitative estimate of drug-likeness (QED) is 0.607. The first kappa shape index (κ1) is 18.0. The van der Waals surface area contributed by atoms with Crippen molar-refractivity contribution in [1.82, 2.24) is 5.32 Å².